The molecule has 13 heteroatoms. The first-order valence-corrected chi connectivity index (χ1v) is 17.1. The minimum absolute atomic E-state index is 0.0161. The van der Waals surface area contributed by atoms with Crippen LogP contribution in [0.5, 0.6) is 0 Å². The number of carboxylic acid groups (broad SMARTS) is 2. The van der Waals surface area contributed by atoms with Crippen LogP contribution in [0.1, 0.15) is 116 Å². The fourth-order valence-electron chi connectivity index (χ4n) is 4.54. The number of nitrogens with one attached hydrogen (secondary N) is 2. The second-order valence-electron chi connectivity index (χ2n) is 11.2. The summed E-state index contributed by atoms with van der Waals surface area (Å²) in [5.74, 6) is -2.26. The lowest BCUT2D eigenvalue weighted by Gasteiger charge is -2.13. The Balaban J connectivity index is 3.31. The van der Waals surface area contributed by atoms with Crippen LogP contribution in [0, 0.1) is 0 Å². The van der Waals surface area contributed by atoms with Crippen molar-refractivity contribution in [3.8, 4) is 0 Å². The summed E-state index contributed by atoms with van der Waals surface area (Å²) in [6.07, 6.45) is 16.4. The molecule has 4 N–H and O–H groups in total. The predicted molar refractivity (Wildman–Crippen MR) is 173 cm³/mol. The number of carboxylic acids is 2. The molecule has 0 aromatic rings. The van der Waals surface area contributed by atoms with Gasteiger partial charge >= 0.3 is 11.9 Å². The molecule has 46 heavy (non-hydrogen) atoms. The predicted octanol–water partition coefficient (Wildman–Crippen LogP) is 4.04. The smallest absolute Gasteiger partial charge is 0.326 e. The molecule has 13 nitrogen and oxygen atoms in total. The third kappa shape index (κ3) is 32.8. The molecule has 0 radical (unpaired) electrons. The summed E-state index contributed by atoms with van der Waals surface area (Å²) >= 11 is 0. The topological polar surface area (TPSA) is 187 Å². The zero-order valence-corrected chi connectivity index (χ0v) is 27.8. The number of amides is 2. The number of aliphatic carboxylic acids is 2. The van der Waals surface area contributed by atoms with Gasteiger partial charge in [0.2, 0.25) is 11.8 Å². The van der Waals surface area contributed by atoms with Crippen molar-refractivity contribution in [2.24, 2.45) is 0 Å². The van der Waals surface area contributed by atoms with Gasteiger partial charge in [-0.2, -0.15) is 0 Å². The van der Waals surface area contributed by atoms with Crippen LogP contribution in [0.15, 0.2) is 0 Å². The van der Waals surface area contributed by atoms with Gasteiger partial charge < -0.3 is 44.6 Å². The normalized spacial score (nSPS) is 11.7. The summed E-state index contributed by atoms with van der Waals surface area (Å²) in [6.45, 7) is 3.30. The Morgan fingerprint density at radius 2 is 0.978 bits per heavy atom. The molecule has 0 bridgehead atoms. The van der Waals surface area contributed by atoms with Gasteiger partial charge in [-0.3, -0.25) is 14.4 Å². The molecule has 0 aliphatic heterocycles. The van der Waals surface area contributed by atoms with Crippen LogP contribution in [0.25, 0.3) is 0 Å². The lowest BCUT2D eigenvalue weighted by Crippen LogP contribution is -2.41. The maximum atomic E-state index is 11.9. The van der Waals surface area contributed by atoms with E-state index < -0.39 is 23.9 Å². The molecule has 0 aliphatic rings. The molecular formula is C33H60N2O11. The van der Waals surface area contributed by atoms with Crippen molar-refractivity contribution in [2.45, 2.75) is 122 Å². The van der Waals surface area contributed by atoms with E-state index in [-0.39, 0.29) is 38.4 Å². The number of aldehydes is 1. The zero-order chi connectivity index (χ0) is 33.9. The molecule has 0 aliphatic carbocycles. The van der Waals surface area contributed by atoms with Crippen molar-refractivity contribution < 1.29 is 53.1 Å². The summed E-state index contributed by atoms with van der Waals surface area (Å²) in [5.41, 5.74) is 0. The average molecular weight is 661 g/mol. The number of rotatable bonds is 36. The van der Waals surface area contributed by atoms with E-state index >= 15 is 0 Å². The van der Waals surface area contributed by atoms with Gasteiger partial charge in [0.1, 0.15) is 12.3 Å². The standard InChI is InChI=1S/C33H60N2O11/c36-20-14-15-29(33(41)42)35-31(38)18-21-43-23-25-45-27-28-46-26-24-44-22-19-34-30(37)16-12-10-8-6-4-2-1-3-5-7-9-11-13-17-32(39)40/h20,29H,1-19,21-28H2,(H,34,37)(H,35,38)(H,39,40)(H,41,42)/t29-/m0/s1. The number of carbonyl (C=O) groups is 5. The van der Waals surface area contributed by atoms with Gasteiger partial charge in [-0.05, 0) is 19.3 Å². The quantitative estimate of drug-likeness (QED) is 0.0561. The first kappa shape index (κ1) is 43.4. The summed E-state index contributed by atoms with van der Waals surface area (Å²) in [7, 11) is 0. The molecule has 1 atom stereocenters. The average Bonchev–Trinajstić information content (AvgIpc) is 3.02. The third-order valence-electron chi connectivity index (χ3n) is 7.16. The number of unbranched alkanes of at least 4 members (excludes halogenated alkanes) is 12. The van der Waals surface area contributed by atoms with Crippen LogP contribution in [0.3, 0.4) is 0 Å². The molecule has 0 unspecified atom stereocenters. The van der Waals surface area contributed by atoms with Gasteiger partial charge in [0.25, 0.3) is 0 Å². The van der Waals surface area contributed by atoms with Crippen molar-refractivity contribution in [2.75, 3.05) is 59.4 Å². The molecule has 0 fully saturated rings. The minimum Gasteiger partial charge on any atom is -0.481 e. The Labute approximate surface area is 274 Å². The van der Waals surface area contributed by atoms with E-state index in [4.69, 9.17) is 29.2 Å². The Bertz CT molecular complexity index is 783. The van der Waals surface area contributed by atoms with Gasteiger partial charge in [-0.15, -0.1) is 0 Å². The Hall–Kier alpha value is -2.61. The lowest BCUT2D eigenvalue weighted by atomic mass is 10.0. The monoisotopic (exact) mass is 660 g/mol. The van der Waals surface area contributed by atoms with E-state index in [0.29, 0.717) is 65.3 Å². The molecular weight excluding hydrogens is 600 g/mol. The first-order valence-electron chi connectivity index (χ1n) is 17.1. The highest BCUT2D eigenvalue weighted by molar-refractivity contribution is 5.83. The van der Waals surface area contributed by atoms with Crippen molar-refractivity contribution in [1.29, 1.82) is 0 Å². The largest absolute Gasteiger partial charge is 0.481 e. The van der Waals surface area contributed by atoms with Crippen LogP contribution in [0.2, 0.25) is 0 Å². The van der Waals surface area contributed by atoms with Crippen LogP contribution in [0.4, 0.5) is 0 Å². The maximum Gasteiger partial charge on any atom is 0.326 e. The zero-order valence-electron chi connectivity index (χ0n) is 27.8. The van der Waals surface area contributed by atoms with E-state index in [0.717, 1.165) is 32.1 Å². The Kier molecular flexibility index (Phi) is 31.8. The van der Waals surface area contributed by atoms with Gasteiger partial charge in [0, 0.05) is 32.2 Å². The van der Waals surface area contributed by atoms with E-state index in [9.17, 15) is 24.0 Å². The fraction of sp³-hybridized carbons (Fsp3) is 0.848. The summed E-state index contributed by atoms with van der Waals surface area (Å²) in [4.78, 5) is 55.6. The Morgan fingerprint density at radius 3 is 1.43 bits per heavy atom. The lowest BCUT2D eigenvalue weighted by molar-refractivity contribution is -0.142. The van der Waals surface area contributed by atoms with E-state index in [1.165, 1.54) is 51.4 Å². The van der Waals surface area contributed by atoms with Gasteiger partial charge in [0.05, 0.1) is 52.9 Å². The fourth-order valence-corrected chi connectivity index (χ4v) is 4.54. The SMILES string of the molecule is O=CCC[C@H](NC(=O)CCOCCOCCOCCOCCNC(=O)CCCCCCCCCCCCCCCC(=O)O)C(=O)O. The van der Waals surface area contributed by atoms with Crippen LogP contribution in [-0.2, 0) is 42.9 Å². The molecule has 2 amide bonds. The van der Waals surface area contributed by atoms with Crippen LogP contribution >= 0.6 is 0 Å². The maximum absolute atomic E-state index is 11.9. The van der Waals surface area contributed by atoms with E-state index in [1.54, 1.807) is 0 Å². The van der Waals surface area contributed by atoms with Gasteiger partial charge in [-0.25, -0.2) is 4.79 Å². The van der Waals surface area contributed by atoms with Crippen molar-refractivity contribution in [3.05, 3.63) is 0 Å². The number of hydrogen-bond acceptors (Lipinski definition) is 9. The van der Waals surface area contributed by atoms with Crippen molar-refractivity contribution >= 4 is 30.0 Å². The summed E-state index contributed by atoms with van der Waals surface area (Å²) < 4.78 is 21.6. The van der Waals surface area contributed by atoms with Crippen LogP contribution < -0.4 is 10.6 Å². The molecule has 0 spiro atoms. The molecule has 0 aromatic carbocycles. The van der Waals surface area contributed by atoms with Crippen LogP contribution in [-0.4, -0.2) is 106 Å². The first-order chi connectivity index (χ1) is 22.4. The van der Waals surface area contributed by atoms with E-state index in [1.807, 2.05) is 0 Å². The molecule has 0 saturated heterocycles. The second-order valence-corrected chi connectivity index (χ2v) is 11.2. The molecule has 0 rings (SSSR count). The summed E-state index contributed by atoms with van der Waals surface area (Å²) in [5, 5.41) is 22.9. The highest BCUT2D eigenvalue weighted by Gasteiger charge is 2.19. The Morgan fingerprint density at radius 1 is 0.543 bits per heavy atom. The highest BCUT2D eigenvalue weighted by Crippen LogP contribution is 2.13. The molecule has 0 aromatic heterocycles. The minimum atomic E-state index is -1.18. The third-order valence-corrected chi connectivity index (χ3v) is 7.16. The summed E-state index contributed by atoms with van der Waals surface area (Å²) in [6, 6.07) is -1.08. The second kappa shape index (κ2) is 33.7. The highest BCUT2D eigenvalue weighted by atomic mass is 16.6. The number of ether oxygens (including phenoxy) is 4. The molecule has 0 saturated carbocycles. The van der Waals surface area contributed by atoms with E-state index in [2.05, 4.69) is 10.6 Å². The number of hydrogen-bond donors (Lipinski definition) is 4. The van der Waals surface area contributed by atoms with Crippen molar-refractivity contribution in [1.82, 2.24) is 10.6 Å². The van der Waals surface area contributed by atoms with Crippen molar-refractivity contribution in [3.63, 3.8) is 0 Å². The van der Waals surface area contributed by atoms with Gasteiger partial charge in [-0.1, -0.05) is 70.6 Å². The molecule has 268 valence electrons. The molecule has 0 heterocycles. The van der Waals surface area contributed by atoms with Gasteiger partial charge in [0.15, 0.2) is 0 Å². The number of carbonyl (C=O) groups excluding carboxylic acids is 3.